The minimum atomic E-state index is -1.14. The Bertz CT molecular complexity index is 1210. The van der Waals surface area contributed by atoms with Gasteiger partial charge in [0.15, 0.2) is 35.9 Å². The van der Waals surface area contributed by atoms with E-state index >= 15 is 0 Å². The van der Waals surface area contributed by atoms with E-state index in [9.17, 15) is 27.6 Å². The van der Waals surface area contributed by atoms with Crippen LogP contribution in [0.5, 0.6) is 11.5 Å². The zero-order valence-electron chi connectivity index (χ0n) is 18.4. The van der Waals surface area contributed by atoms with Gasteiger partial charge in [-0.05, 0) is 61.4 Å². The SMILES string of the molecule is Cc1cc(OCC(=O)NC23CC(CC(=O)[C@@H]4CC(=O)c5cc(F)c(F)cc5O4)(C2)C3)ccc1F. The maximum absolute atomic E-state index is 13.5. The zero-order chi connectivity index (χ0) is 24.3. The fourth-order valence-electron chi connectivity index (χ4n) is 5.49. The van der Waals surface area contributed by atoms with Gasteiger partial charge in [-0.25, -0.2) is 13.2 Å². The molecular weight excluding hydrogens is 451 g/mol. The topological polar surface area (TPSA) is 81.7 Å². The Kier molecular flexibility index (Phi) is 5.18. The number of Topliss-reactive ketones (excluding diaryl/α,β-unsaturated/α-hetero) is 2. The quantitative estimate of drug-likeness (QED) is 0.661. The van der Waals surface area contributed by atoms with E-state index in [0.29, 0.717) is 30.6 Å². The lowest BCUT2D eigenvalue weighted by Crippen LogP contribution is -2.75. The Morgan fingerprint density at radius 1 is 1.09 bits per heavy atom. The number of ether oxygens (including phenoxy) is 2. The first-order valence-electron chi connectivity index (χ1n) is 11.0. The van der Waals surface area contributed by atoms with Crippen molar-refractivity contribution < 1.29 is 37.0 Å². The number of ketones is 2. The minimum Gasteiger partial charge on any atom is -0.484 e. The van der Waals surface area contributed by atoms with Crippen LogP contribution in [0.2, 0.25) is 0 Å². The molecule has 6 rings (SSSR count). The summed E-state index contributed by atoms with van der Waals surface area (Å²) in [4.78, 5) is 37.4. The second-order valence-corrected chi connectivity index (χ2v) is 9.70. The van der Waals surface area contributed by atoms with Crippen LogP contribution in [0.25, 0.3) is 0 Å². The number of nitrogens with one attached hydrogen (secondary N) is 1. The monoisotopic (exact) mass is 473 g/mol. The summed E-state index contributed by atoms with van der Waals surface area (Å²) in [6, 6.07) is 5.84. The number of carbonyl (C=O) groups is 3. The van der Waals surface area contributed by atoms with Crippen LogP contribution in [0.1, 0.15) is 48.0 Å². The largest absolute Gasteiger partial charge is 0.484 e. The predicted molar refractivity (Wildman–Crippen MR) is 113 cm³/mol. The van der Waals surface area contributed by atoms with Crippen LogP contribution >= 0.6 is 0 Å². The molecule has 0 aromatic heterocycles. The number of amides is 1. The molecule has 1 atom stereocenters. The van der Waals surface area contributed by atoms with Crippen molar-refractivity contribution in [3.63, 3.8) is 0 Å². The van der Waals surface area contributed by atoms with Gasteiger partial charge < -0.3 is 14.8 Å². The molecule has 0 spiro atoms. The Morgan fingerprint density at radius 3 is 2.50 bits per heavy atom. The molecule has 34 heavy (non-hydrogen) atoms. The lowest BCUT2D eigenvalue weighted by Gasteiger charge is -2.70. The standard InChI is InChI=1S/C25H22F3NO5/c1-13-4-14(2-3-16(13)26)33-9-23(32)29-25-10-24(11-25,12-25)8-20(31)22-7-19(30)15-5-17(27)18(28)6-21(15)34-22/h2-6,22H,7-12H2,1H3,(H,29,32)/t22-,24?,25?/m0/s1. The molecule has 178 valence electrons. The molecule has 4 aliphatic rings. The fraction of sp³-hybridized carbons (Fsp3) is 0.400. The molecule has 3 saturated carbocycles. The highest BCUT2D eigenvalue weighted by molar-refractivity contribution is 6.03. The van der Waals surface area contributed by atoms with Crippen LogP contribution in [0, 0.1) is 29.8 Å². The first-order valence-corrected chi connectivity index (χ1v) is 11.0. The van der Waals surface area contributed by atoms with E-state index < -0.39 is 23.5 Å². The molecule has 1 heterocycles. The van der Waals surface area contributed by atoms with Crippen molar-refractivity contribution in [2.24, 2.45) is 5.41 Å². The van der Waals surface area contributed by atoms with Crippen LogP contribution in [-0.4, -0.2) is 35.7 Å². The minimum absolute atomic E-state index is 0.0619. The van der Waals surface area contributed by atoms with Gasteiger partial charge in [0, 0.05) is 18.0 Å². The van der Waals surface area contributed by atoms with Crippen molar-refractivity contribution in [3.05, 3.63) is 58.9 Å². The molecule has 1 aliphatic heterocycles. The van der Waals surface area contributed by atoms with Gasteiger partial charge >= 0.3 is 0 Å². The van der Waals surface area contributed by atoms with E-state index in [1.807, 2.05) is 0 Å². The number of aryl methyl sites for hydroxylation is 1. The molecular formula is C25H22F3NO5. The average Bonchev–Trinajstić information content (AvgIpc) is 2.73. The van der Waals surface area contributed by atoms with E-state index in [1.165, 1.54) is 18.2 Å². The molecule has 3 fully saturated rings. The van der Waals surface area contributed by atoms with Gasteiger partial charge in [0.2, 0.25) is 0 Å². The van der Waals surface area contributed by atoms with Gasteiger partial charge in [0.05, 0.1) is 12.0 Å². The molecule has 2 bridgehead atoms. The normalized spacial score (nSPS) is 26.5. The van der Waals surface area contributed by atoms with E-state index in [-0.39, 0.29) is 59.2 Å². The van der Waals surface area contributed by atoms with Crippen molar-refractivity contribution in [2.75, 3.05) is 6.61 Å². The van der Waals surface area contributed by atoms with Crippen molar-refractivity contribution in [1.82, 2.24) is 5.32 Å². The number of carbonyl (C=O) groups excluding carboxylic acids is 3. The predicted octanol–water partition coefficient (Wildman–Crippen LogP) is 3.82. The number of hydrogen-bond donors (Lipinski definition) is 1. The van der Waals surface area contributed by atoms with Crippen molar-refractivity contribution in [1.29, 1.82) is 0 Å². The van der Waals surface area contributed by atoms with Gasteiger partial charge in [0.25, 0.3) is 5.91 Å². The zero-order valence-corrected chi connectivity index (χ0v) is 18.4. The fourth-order valence-corrected chi connectivity index (χ4v) is 5.49. The van der Waals surface area contributed by atoms with Crippen LogP contribution < -0.4 is 14.8 Å². The lowest BCUT2D eigenvalue weighted by molar-refractivity contribution is -0.175. The third-order valence-electron chi connectivity index (χ3n) is 6.92. The van der Waals surface area contributed by atoms with Gasteiger partial charge in [0.1, 0.15) is 17.3 Å². The van der Waals surface area contributed by atoms with Crippen LogP contribution in [0.15, 0.2) is 30.3 Å². The first-order chi connectivity index (χ1) is 16.1. The Balaban J connectivity index is 1.11. The third kappa shape index (κ3) is 3.93. The van der Waals surface area contributed by atoms with Gasteiger partial charge in [-0.15, -0.1) is 0 Å². The number of fused-ring (bicyclic) bond motifs is 1. The molecule has 1 amide bonds. The summed E-state index contributed by atoms with van der Waals surface area (Å²) in [6.45, 7) is 1.41. The maximum atomic E-state index is 13.5. The maximum Gasteiger partial charge on any atom is 0.258 e. The molecule has 2 aromatic rings. The number of benzene rings is 2. The third-order valence-corrected chi connectivity index (χ3v) is 6.92. The Morgan fingerprint density at radius 2 is 1.79 bits per heavy atom. The Labute approximate surface area is 193 Å². The van der Waals surface area contributed by atoms with Gasteiger partial charge in [-0.1, -0.05) is 0 Å². The average molecular weight is 473 g/mol. The van der Waals surface area contributed by atoms with Crippen LogP contribution in [0.3, 0.4) is 0 Å². The summed E-state index contributed by atoms with van der Waals surface area (Å²) < 4.78 is 51.2. The second kappa shape index (κ2) is 7.85. The van der Waals surface area contributed by atoms with E-state index in [2.05, 4.69) is 5.32 Å². The van der Waals surface area contributed by atoms with E-state index in [4.69, 9.17) is 9.47 Å². The summed E-state index contributed by atoms with van der Waals surface area (Å²) >= 11 is 0. The highest BCUT2D eigenvalue weighted by Gasteiger charge is 2.68. The molecule has 3 aliphatic carbocycles. The molecule has 2 aromatic carbocycles. The first kappa shape index (κ1) is 22.4. The van der Waals surface area contributed by atoms with Gasteiger partial charge in [-0.3, -0.25) is 14.4 Å². The molecule has 1 N–H and O–H groups in total. The molecule has 6 nitrogen and oxygen atoms in total. The summed E-state index contributed by atoms with van der Waals surface area (Å²) in [5.41, 5.74) is -0.253. The lowest BCUT2D eigenvalue weighted by atomic mass is 9.38. The second-order valence-electron chi connectivity index (χ2n) is 9.70. The number of halogens is 3. The van der Waals surface area contributed by atoms with Crippen molar-refractivity contribution >= 4 is 17.5 Å². The van der Waals surface area contributed by atoms with Crippen LogP contribution in [0.4, 0.5) is 13.2 Å². The van der Waals surface area contributed by atoms with E-state index in [0.717, 1.165) is 12.1 Å². The summed E-state index contributed by atoms with van der Waals surface area (Å²) in [5, 5.41) is 2.95. The molecule has 9 heteroatoms. The van der Waals surface area contributed by atoms with Gasteiger partial charge in [-0.2, -0.15) is 0 Å². The highest BCUT2D eigenvalue weighted by Crippen LogP contribution is 2.69. The molecule has 0 unspecified atom stereocenters. The summed E-state index contributed by atoms with van der Waals surface area (Å²) in [7, 11) is 0. The van der Waals surface area contributed by atoms with Crippen molar-refractivity contribution in [2.45, 2.75) is 50.7 Å². The highest BCUT2D eigenvalue weighted by atomic mass is 19.2. The molecule has 0 radical (unpaired) electrons. The number of hydrogen-bond acceptors (Lipinski definition) is 5. The van der Waals surface area contributed by atoms with Crippen LogP contribution in [-0.2, 0) is 9.59 Å². The summed E-state index contributed by atoms with van der Waals surface area (Å²) in [5.74, 6) is -3.37. The smallest absolute Gasteiger partial charge is 0.258 e. The molecule has 0 saturated heterocycles. The Hall–Kier alpha value is -3.36. The number of rotatable bonds is 7. The van der Waals surface area contributed by atoms with Crippen molar-refractivity contribution in [3.8, 4) is 11.5 Å². The van der Waals surface area contributed by atoms with E-state index in [1.54, 1.807) is 6.92 Å². The summed E-state index contributed by atoms with van der Waals surface area (Å²) in [6.07, 6.45) is 0.831.